The molecule has 0 bridgehead atoms. The Bertz CT molecular complexity index is 1020. The van der Waals surface area contributed by atoms with Crippen LogP contribution in [0.5, 0.6) is 0 Å². The minimum absolute atomic E-state index is 0.0728. The molecule has 23 heavy (non-hydrogen) atoms. The molecule has 0 fully saturated rings. The van der Waals surface area contributed by atoms with Crippen LogP contribution < -0.4 is 5.32 Å². The van der Waals surface area contributed by atoms with Crippen LogP contribution in [-0.4, -0.2) is 20.5 Å². The van der Waals surface area contributed by atoms with E-state index in [1.165, 1.54) is 11.3 Å². The lowest BCUT2D eigenvalue weighted by Crippen LogP contribution is -2.23. The first-order chi connectivity index (χ1) is 11.2. The van der Waals surface area contributed by atoms with Gasteiger partial charge in [0.1, 0.15) is 0 Å². The van der Waals surface area contributed by atoms with Crippen LogP contribution in [0, 0.1) is 6.92 Å². The number of hydrogen-bond acceptors (Lipinski definition) is 4. The molecular weight excluding hydrogens is 308 g/mol. The quantitative estimate of drug-likeness (QED) is 0.630. The van der Waals surface area contributed by atoms with Crippen molar-refractivity contribution in [2.75, 3.05) is 0 Å². The predicted octanol–water partition coefficient (Wildman–Crippen LogP) is 3.18. The summed E-state index contributed by atoms with van der Waals surface area (Å²) in [5.74, 6) is 0.643. The van der Waals surface area contributed by atoms with Gasteiger partial charge in [0, 0.05) is 10.9 Å². The molecule has 0 aliphatic rings. The maximum atomic E-state index is 12.5. The summed E-state index contributed by atoms with van der Waals surface area (Å²) < 4.78 is 3.00. The minimum Gasteiger partial charge on any atom is -0.344 e. The van der Waals surface area contributed by atoms with Gasteiger partial charge in [-0.2, -0.15) is 0 Å². The fourth-order valence-electron chi connectivity index (χ4n) is 2.64. The van der Waals surface area contributed by atoms with Gasteiger partial charge in [0.05, 0.1) is 11.4 Å². The second-order valence-electron chi connectivity index (χ2n) is 5.28. The molecule has 1 N–H and O–H groups in total. The monoisotopic (exact) mass is 322 g/mol. The number of nitrogens with one attached hydrogen (secondary N) is 1. The summed E-state index contributed by atoms with van der Waals surface area (Å²) in [7, 11) is 0. The fraction of sp³-hybridized carbons (Fsp3) is 0.118. The van der Waals surface area contributed by atoms with Crippen LogP contribution in [0.4, 0.5) is 0 Å². The Labute approximate surface area is 136 Å². The van der Waals surface area contributed by atoms with Crippen molar-refractivity contribution >= 4 is 33.0 Å². The first-order valence-electron chi connectivity index (χ1n) is 7.29. The molecule has 0 aliphatic carbocycles. The first-order valence-corrected chi connectivity index (χ1v) is 8.10. The maximum Gasteiger partial charge on any atom is 0.262 e. The molecule has 0 radical (unpaired) electrons. The number of carbonyl (C=O) groups is 1. The minimum atomic E-state index is -0.0728. The van der Waals surface area contributed by atoms with Gasteiger partial charge in [-0.1, -0.05) is 24.3 Å². The number of aromatic nitrogens is 3. The van der Waals surface area contributed by atoms with Crippen LogP contribution in [0.15, 0.2) is 48.7 Å². The van der Waals surface area contributed by atoms with E-state index in [0.717, 1.165) is 26.2 Å². The molecule has 0 atom stereocenters. The molecule has 114 valence electrons. The van der Waals surface area contributed by atoms with Gasteiger partial charge in [-0.15, -0.1) is 21.5 Å². The SMILES string of the molecule is Cc1c(C(=O)NCc2nnc3ccccn23)sc2ccccc12. The Hall–Kier alpha value is -2.73. The maximum absolute atomic E-state index is 12.5. The van der Waals surface area contributed by atoms with Crippen molar-refractivity contribution < 1.29 is 4.79 Å². The van der Waals surface area contributed by atoms with Gasteiger partial charge in [0.15, 0.2) is 11.5 Å². The summed E-state index contributed by atoms with van der Waals surface area (Å²) in [6.45, 7) is 2.33. The molecule has 6 heteroatoms. The Kier molecular flexibility index (Phi) is 3.31. The second-order valence-corrected chi connectivity index (χ2v) is 6.33. The number of pyridine rings is 1. The third-order valence-electron chi connectivity index (χ3n) is 3.84. The summed E-state index contributed by atoms with van der Waals surface area (Å²) in [5, 5.41) is 12.3. The number of rotatable bonds is 3. The van der Waals surface area contributed by atoms with Gasteiger partial charge >= 0.3 is 0 Å². The van der Waals surface area contributed by atoms with Crippen molar-refractivity contribution in [3.8, 4) is 0 Å². The van der Waals surface area contributed by atoms with Crippen molar-refractivity contribution in [2.45, 2.75) is 13.5 Å². The fourth-order valence-corrected chi connectivity index (χ4v) is 3.77. The van der Waals surface area contributed by atoms with Crippen LogP contribution in [0.2, 0.25) is 0 Å². The van der Waals surface area contributed by atoms with E-state index in [-0.39, 0.29) is 5.91 Å². The van der Waals surface area contributed by atoms with E-state index in [4.69, 9.17) is 0 Å². The highest BCUT2D eigenvalue weighted by molar-refractivity contribution is 7.21. The third-order valence-corrected chi connectivity index (χ3v) is 5.11. The van der Waals surface area contributed by atoms with Gasteiger partial charge in [-0.05, 0) is 36.1 Å². The van der Waals surface area contributed by atoms with Crippen LogP contribution in [-0.2, 0) is 6.54 Å². The predicted molar refractivity (Wildman–Crippen MR) is 90.7 cm³/mol. The Morgan fingerprint density at radius 3 is 2.87 bits per heavy atom. The largest absolute Gasteiger partial charge is 0.344 e. The number of carbonyl (C=O) groups excluding carboxylic acids is 1. The molecule has 0 saturated carbocycles. The van der Waals surface area contributed by atoms with E-state index in [1.54, 1.807) is 0 Å². The number of fused-ring (bicyclic) bond motifs is 2. The summed E-state index contributed by atoms with van der Waals surface area (Å²) in [4.78, 5) is 13.3. The zero-order valence-electron chi connectivity index (χ0n) is 12.5. The summed E-state index contributed by atoms with van der Waals surface area (Å²) in [5.41, 5.74) is 1.80. The molecule has 1 aromatic carbocycles. The zero-order valence-corrected chi connectivity index (χ0v) is 13.3. The average Bonchev–Trinajstić information content (AvgIpc) is 3.15. The summed E-state index contributed by atoms with van der Waals surface area (Å²) >= 11 is 1.52. The van der Waals surface area contributed by atoms with Gasteiger partial charge < -0.3 is 5.32 Å². The van der Waals surface area contributed by atoms with E-state index < -0.39 is 0 Å². The van der Waals surface area contributed by atoms with Gasteiger partial charge in [-0.3, -0.25) is 9.20 Å². The van der Waals surface area contributed by atoms with Gasteiger partial charge in [0.2, 0.25) is 0 Å². The Morgan fingerprint density at radius 1 is 1.17 bits per heavy atom. The molecule has 0 aliphatic heterocycles. The van der Waals surface area contributed by atoms with Crippen LogP contribution in [0.25, 0.3) is 15.7 Å². The number of benzene rings is 1. The Morgan fingerprint density at radius 2 is 2.00 bits per heavy atom. The Balaban J connectivity index is 1.59. The normalized spacial score (nSPS) is 11.2. The lowest BCUT2D eigenvalue weighted by Gasteiger charge is -2.03. The molecule has 3 aromatic heterocycles. The van der Waals surface area contributed by atoms with Crippen LogP contribution in [0.1, 0.15) is 21.1 Å². The molecule has 1 amide bonds. The van der Waals surface area contributed by atoms with Gasteiger partial charge in [0.25, 0.3) is 5.91 Å². The number of amides is 1. The van der Waals surface area contributed by atoms with Gasteiger partial charge in [-0.25, -0.2) is 0 Å². The second kappa shape index (κ2) is 5.48. The highest BCUT2D eigenvalue weighted by Crippen LogP contribution is 2.30. The summed E-state index contributed by atoms with van der Waals surface area (Å²) in [6.07, 6.45) is 1.89. The van der Waals surface area contributed by atoms with E-state index >= 15 is 0 Å². The smallest absolute Gasteiger partial charge is 0.262 e. The molecule has 4 rings (SSSR count). The topological polar surface area (TPSA) is 59.3 Å². The molecule has 3 heterocycles. The molecule has 0 spiro atoms. The molecular formula is C17H14N4OS. The molecule has 4 aromatic rings. The van der Waals surface area contributed by atoms with E-state index in [9.17, 15) is 4.79 Å². The van der Waals surface area contributed by atoms with Crippen molar-refractivity contribution in [1.29, 1.82) is 0 Å². The third kappa shape index (κ3) is 2.37. The van der Waals surface area contributed by atoms with Crippen molar-refractivity contribution in [2.24, 2.45) is 0 Å². The first kappa shape index (κ1) is 13.9. The lowest BCUT2D eigenvalue weighted by molar-refractivity contribution is 0.0953. The van der Waals surface area contributed by atoms with Crippen LogP contribution in [0.3, 0.4) is 0 Å². The highest BCUT2D eigenvalue weighted by atomic mass is 32.1. The number of aryl methyl sites for hydroxylation is 1. The van der Waals surface area contributed by atoms with Crippen molar-refractivity contribution in [3.63, 3.8) is 0 Å². The molecule has 5 nitrogen and oxygen atoms in total. The van der Waals surface area contributed by atoms with E-state index in [0.29, 0.717) is 12.4 Å². The highest BCUT2D eigenvalue weighted by Gasteiger charge is 2.15. The molecule has 0 unspecified atom stereocenters. The van der Waals surface area contributed by atoms with E-state index in [2.05, 4.69) is 15.5 Å². The molecule has 0 saturated heterocycles. The zero-order chi connectivity index (χ0) is 15.8. The standard InChI is InChI=1S/C17H14N4OS/c1-11-12-6-2-3-7-13(12)23-16(11)17(22)18-10-15-20-19-14-8-4-5-9-21(14)15/h2-9H,10H2,1H3,(H,18,22). The van der Waals surface area contributed by atoms with Crippen molar-refractivity contribution in [1.82, 2.24) is 19.9 Å². The average molecular weight is 322 g/mol. The van der Waals surface area contributed by atoms with Crippen molar-refractivity contribution in [3.05, 3.63) is 64.9 Å². The van der Waals surface area contributed by atoms with E-state index in [1.807, 2.05) is 60.0 Å². The number of thiophene rings is 1. The van der Waals surface area contributed by atoms with Crippen LogP contribution >= 0.6 is 11.3 Å². The summed E-state index contributed by atoms with van der Waals surface area (Å²) in [6, 6.07) is 13.8. The number of hydrogen-bond donors (Lipinski definition) is 1. The lowest BCUT2D eigenvalue weighted by atomic mass is 10.1. The number of nitrogens with zero attached hydrogens (tertiary/aromatic N) is 3.